The van der Waals surface area contributed by atoms with Gasteiger partial charge < -0.3 is 14.8 Å². The zero-order valence-electron chi connectivity index (χ0n) is 18.1. The van der Waals surface area contributed by atoms with Crippen molar-refractivity contribution in [2.24, 2.45) is 0 Å². The Balaban J connectivity index is 1.78. The number of amides is 2. The first-order valence-electron chi connectivity index (χ1n) is 10.8. The molecule has 1 N–H and O–H groups in total. The van der Waals surface area contributed by atoms with Gasteiger partial charge in [0, 0.05) is 25.0 Å². The Morgan fingerprint density at radius 3 is 2.41 bits per heavy atom. The summed E-state index contributed by atoms with van der Waals surface area (Å²) in [6, 6.07) is 18.3. The number of aromatic nitrogens is 1. The SMILES string of the molecule is CCCCCN(Cc1cccn1Cc1ccccc1)C(=O)Nc1ccccc1C(F)(F)F. The summed E-state index contributed by atoms with van der Waals surface area (Å²) in [4.78, 5) is 14.6. The van der Waals surface area contributed by atoms with E-state index in [1.807, 2.05) is 48.7 Å². The van der Waals surface area contributed by atoms with E-state index in [1.54, 1.807) is 4.90 Å². The second kappa shape index (κ2) is 10.9. The summed E-state index contributed by atoms with van der Waals surface area (Å²) >= 11 is 0. The van der Waals surface area contributed by atoms with Crippen LogP contribution in [0.25, 0.3) is 0 Å². The Kier molecular flexibility index (Phi) is 7.98. The number of alkyl halides is 3. The third-order valence-corrected chi connectivity index (χ3v) is 5.27. The number of hydrogen-bond acceptors (Lipinski definition) is 1. The molecule has 0 spiro atoms. The van der Waals surface area contributed by atoms with E-state index in [-0.39, 0.29) is 5.69 Å². The molecule has 3 aromatic rings. The highest BCUT2D eigenvalue weighted by atomic mass is 19.4. The molecule has 7 heteroatoms. The van der Waals surface area contributed by atoms with Gasteiger partial charge in [0.1, 0.15) is 0 Å². The lowest BCUT2D eigenvalue weighted by atomic mass is 10.1. The maximum atomic E-state index is 13.3. The molecule has 32 heavy (non-hydrogen) atoms. The lowest BCUT2D eigenvalue weighted by Crippen LogP contribution is -2.36. The number of urea groups is 1. The average Bonchev–Trinajstić information content (AvgIpc) is 3.20. The first-order chi connectivity index (χ1) is 15.4. The van der Waals surface area contributed by atoms with Crippen LogP contribution >= 0.6 is 0 Å². The molecule has 0 unspecified atom stereocenters. The molecule has 0 saturated heterocycles. The van der Waals surface area contributed by atoms with Crippen LogP contribution < -0.4 is 5.32 Å². The zero-order valence-corrected chi connectivity index (χ0v) is 18.1. The molecule has 0 bridgehead atoms. The lowest BCUT2D eigenvalue weighted by Gasteiger charge is -2.25. The smallest absolute Gasteiger partial charge is 0.345 e. The van der Waals surface area contributed by atoms with Crippen molar-refractivity contribution in [2.75, 3.05) is 11.9 Å². The molecule has 0 aliphatic carbocycles. The molecule has 4 nitrogen and oxygen atoms in total. The van der Waals surface area contributed by atoms with Crippen molar-refractivity contribution in [3.63, 3.8) is 0 Å². The van der Waals surface area contributed by atoms with Crippen molar-refractivity contribution in [3.8, 4) is 0 Å². The van der Waals surface area contributed by atoms with Crippen molar-refractivity contribution in [1.29, 1.82) is 0 Å². The number of carbonyl (C=O) groups excluding carboxylic acids is 1. The van der Waals surface area contributed by atoms with Crippen LogP contribution in [-0.2, 0) is 19.3 Å². The molecule has 0 aliphatic rings. The Hall–Kier alpha value is -3.22. The fourth-order valence-corrected chi connectivity index (χ4v) is 3.56. The standard InChI is InChI=1S/C25H28F3N3O/c1-2-3-9-16-31(24(32)29-23-15-8-7-14-22(23)25(26,27)28)19-21-13-10-17-30(21)18-20-11-5-4-6-12-20/h4-8,10-15,17H,2-3,9,16,18-19H2,1H3,(H,29,32). The van der Waals surface area contributed by atoms with Crippen LogP contribution in [0.2, 0.25) is 0 Å². The number of unbranched alkanes of at least 4 members (excludes halogenated alkanes) is 2. The average molecular weight is 444 g/mol. The topological polar surface area (TPSA) is 37.3 Å². The zero-order chi connectivity index (χ0) is 23.0. The maximum Gasteiger partial charge on any atom is 0.418 e. The van der Waals surface area contributed by atoms with Crippen molar-refractivity contribution in [2.45, 2.75) is 45.5 Å². The number of hydrogen-bond donors (Lipinski definition) is 1. The van der Waals surface area contributed by atoms with Gasteiger partial charge >= 0.3 is 12.2 Å². The van der Waals surface area contributed by atoms with Crippen molar-refractivity contribution in [1.82, 2.24) is 9.47 Å². The number of anilines is 1. The van der Waals surface area contributed by atoms with Crippen LogP contribution in [-0.4, -0.2) is 22.0 Å². The van der Waals surface area contributed by atoms with Crippen LogP contribution in [0.1, 0.15) is 43.0 Å². The number of nitrogens with one attached hydrogen (secondary N) is 1. The first-order valence-corrected chi connectivity index (χ1v) is 10.8. The van der Waals surface area contributed by atoms with E-state index in [1.165, 1.54) is 18.2 Å². The van der Waals surface area contributed by atoms with Crippen LogP contribution in [0.3, 0.4) is 0 Å². The number of nitrogens with zero attached hydrogens (tertiary/aromatic N) is 2. The highest BCUT2D eigenvalue weighted by Gasteiger charge is 2.34. The number of benzene rings is 2. The Bertz CT molecular complexity index is 999. The van der Waals surface area contributed by atoms with Gasteiger partial charge in [-0.25, -0.2) is 4.79 Å². The van der Waals surface area contributed by atoms with Gasteiger partial charge in [-0.1, -0.05) is 62.2 Å². The van der Waals surface area contributed by atoms with Crippen LogP contribution in [0.4, 0.5) is 23.7 Å². The summed E-state index contributed by atoms with van der Waals surface area (Å²) in [5, 5.41) is 2.48. The van der Waals surface area contributed by atoms with Gasteiger partial charge in [-0.2, -0.15) is 13.2 Å². The van der Waals surface area contributed by atoms with E-state index in [0.29, 0.717) is 19.6 Å². The molecule has 2 amide bonds. The predicted molar refractivity (Wildman–Crippen MR) is 120 cm³/mol. The highest BCUT2D eigenvalue weighted by molar-refractivity contribution is 5.90. The number of para-hydroxylation sites is 1. The van der Waals surface area contributed by atoms with Gasteiger partial charge in [0.2, 0.25) is 0 Å². The Morgan fingerprint density at radius 1 is 0.969 bits per heavy atom. The molecule has 1 aromatic heterocycles. The summed E-state index contributed by atoms with van der Waals surface area (Å²) in [6.07, 6.45) is 0.111. The van der Waals surface area contributed by atoms with E-state index in [9.17, 15) is 18.0 Å². The normalized spacial score (nSPS) is 11.4. The fourth-order valence-electron chi connectivity index (χ4n) is 3.56. The van der Waals surface area contributed by atoms with E-state index in [2.05, 4.69) is 16.8 Å². The first kappa shape index (κ1) is 23.4. The van der Waals surface area contributed by atoms with Crippen molar-refractivity contribution >= 4 is 11.7 Å². The van der Waals surface area contributed by atoms with Gasteiger partial charge in [-0.3, -0.25) is 0 Å². The molecule has 0 aliphatic heterocycles. The van der Waals surface area contributed by atoms with E-state index in [4.69, 9.17) is 0 Å². The molecular formula is C25H28F3N3O. The second-order valence-corrected chi connectivity index (χ2v) is 7.72. The number of halogens is 3. The molecule has 0 fully saturated rings. The summed E-state index contributed by atoms with van der Waals surface area (Å²) in [6.45, 7) is 3.49. The quantitative estimate of drug-likeness (QED) is 0.364. The van der Waals surface area contributed by atoms with Crippen molar-refractivity contribution in [3.05, 3.63) is 89.7 Å². The highest BCUT2D eigenvalue weighted by Crippen LogP contribution is 2.34. The minimum Gasteiger partial charge on any atom is -0.345 e. The van der Waals surface area contributed by atoms with Crippen molar-refractivity contribution < 1.29 is 18.0 Å². The maximum absolute atomic E-state index is 13.3. The predicted octanol–water partition coefficient (Wildman–Crippen LogP) is 6.78. The molecule has 1 heterocycles. The minimum atomic E-state index is -4.54. The Labute approximate surface area is 186 Å². The second-order valence-electron chi connectivity index (χ2n) is 7.72. The fraction of sp³-hybridized carbons (Fsp3) is 0.320. The number of carbonyl (C=O) groups is 1. The van der Waals surface area contributed by atoms with Crippen LogP contribution in [0, 0.1) is 0 Å². The Morgan fingerprint density at radius 2 is 1.69 bits per heavy atom. The summed E-state index contributed by atoms with van der Waals surface area (Å²) in [5.41, 5.74) is 0.968. The molecule has 2 aromatic carbocycles. The van der Waals surface area contributed by atoms with Crippen LogP contribution in [0.5, 0.6) is 0 Å². The largest absolute Gasteiger partial charge is 0.418 e. The molecule has 0 atom stereocenters. The van der Waals surface area contributed by atoms with Gasteiger partial charge in [-0.05, 0) is 36.2 Å². The van der Waals surface area contributed by atoms with E-state index >= 15 is 0 Å². The number of rotatable bonds is 9. The van der Waals surface area contributed by atoms with Gasteiger partial charge in [-0.15, -0.1) is 0 Å². The molecular weight excluding hydrogens is 415 g/mol. The monoisotopic (exact) mass is 443 g/mol. The lowest BCUT2D eigenvalue weighted by molar-refractivity contribution is -0.136. The van der Waals surface area contributed by atoms with E-state index < -0.39 is 17.8 Å². The van der Waals surface area contributed by atoms with Gasteiger partial charge in [0.05, 0.1) is 17.8 Å². The third-order valence-electron chi connectivity index (χ3n) is 5.27. The van der Waals surface area contributed by atoms with Gasteiger partial charge in [0.25, 0.3) is 0 Å². The molecule has 0 radical (unpaired) electrons. The third kappa shape index (κ3) is 6.39. The molecule has 170 valence electrons. The summed E-state index contributed by atoms with van der Waals surface area (Å²) in [5.74, 6) is 0. The van der Waals surface area contributed by atoms with Crippen LogP contribution in [0.15, 0.2) is 72.9 Å². The van der Waals surface area contributed by atoms with E-state index in [0.717, 1.165) is 36.6 Å². The minimum absolute atomic E-state index is 0.231. The van der Waals surface area contributed by atoms with Gasteiger partial charge in [0.15, 0.2) is 0 Å². The molecule has 3 rings (SSSR count). The summed E-state index contributed by atoms with van der Waals surface area (Å²) < 4.78 is 42.1. The molecule has 0 saturated carbocycles. The summed E-state index contributed by atoms with van der Waals surface area (Å²) in [7, 11) is 0.